The van der Waals surface area contributed by atoms with Crippen LogP contribution in [-0.4, -0.2) is 27.2 Å². The highest BCUT2D eigenvalue weighted by atomic mass is 35.5. The number of amides is 1. The third kappa shape index (κ3) is 5.43. The number of benzene rings is 2. The molecule has 2 aromatic carbocycles. The molecule has 2 N–H and O–H groups in total. The van der Waals surface area contributed by atoms with E-state index in [-0.39, 0.29) is 22.2 Å². The molecule has 156 valence electrons. The van der Waals surface area contributed by atoms with Crippen LogP contribution in [-0.2, 0) is 4.79 Å². The van der Waals surface area contributed by atoms with E-state index in [0.29, 0.717) is 16.3 Å². The Balaban J connectivity index is 1.81. The van der Waals surface area contributed by atoms with Crippen molar-refractivity contribution in [2.75, 3.05) is 5.32 Å². The molecule has 1 unspecified atom stereocenters. The second-order valence-electron chi connectivity index (χ2n) is 6.78. The largest absolute Gasteiger partial charge is 0.478 e. The summed E-state index contributed by atoms with van der Waals surface area (Å²) in [4.78, 5) is 28.4. The topological polar surface area (TPSA) is 103 Å². The summed E-state index contributed by atoms with van der Waals surface area (Å²) in [6.07, 6.45) is 0. The molecule has 0 aliphatic heterocycles. The molecule has 0 bridgehead atoms. The van der Waals surface area contributed by atoms with Crippen molar-refractivity contribution >= 4 is 40.9 Å². The molecule has 1 aromatic heterocycles. The van der Waals surface area contributed by atoms with E-state index in [1.54, 1.807) is 19.1 Å². The van der Waals surface area contributed by atoms with Crippen LogP contribution in [0.1, 0.15) is 28.4 Å². The van der Waals surface area contributed by atoms with Gasteiger partial charge in [0.1, 0.15) is 11.1 Å². The van der Waals surface area contributed by atoms with Gasteiger partial charge in [0.25, 0.3) is 0 Å². The third-order valence-corrected chi connectivity index (χ3v) is 5.89. The maximum Gasteiger partial charge on any atom is 0.335 e. The number of thioether (sulfide) groups is 1. The van der Waals surface area contributed by atoms with Gasteiger partial charge in [0, 0.05) is 5.56 Å². The van der Waals surface area contributed by atoms with Crippen LogP contribution in [0.3, 0.4) is 0 Å². The maximum atomic E-state index is 12.7. The number of carbonyl (C=O) groups is 2. The van der Waals surface area contributed by atoms with Crippen LogP contribution >= 0.6 is 23.4 Å². The number of pyridine rings is 1. The lowest BCUT2D eigenvalue weighted by atomic mass is 10.1. The number of rotatable bonds is 6. The maximum absolute atomic E-state index is 12.7. The van der Waals surface area contributed by atoms with Gasteiger partial charge < -0.3 is 10.4 Å². The summed E-state index contributed by atoms with van der Waals surface area (Å²) in [5.41, 5.74) is 3.33. The normalized spacial score (nSPS) is 11.4. The van der Waals surface area contributed by atoms with Gasteiger partial charge in [-0.15, -0.1) is 0 Å². The summed E-state index contributed by atoms with van der Waals surface area (Å²) < 4.78 is 0. The molecule has 0 saturated carbocycles. The minimum absolute atomic E-state index is 0.0132. The predicted octanol–water partition coefficient (Wildman–Crippen LogP) is 5.40. The fraction of sp³-hybridized carbons (Fsp3) is 0.130. The van der Waals surface area contributed by atoms with Crippen molar-refractivity contribution in [1.29, 1.82) is 5.26 Å². The van der Waals surface area contributed by atoms with Crippen LogP contribution in [0.5, 0.6) is 0 Å². The number of carboxylic acids is 1. The molecule has 1 atom stereocenters. The Labute approximate surface area is 188 Å². The van der Waals surface area contributed by atoms with E-state index < -0.39 is 11.2 Å². The highest BCUT2D eigenvalue weighted by molar-refractivity contribution is 8.00. The summed E-state index contributed by atoms with van der Waals surface area (Å²) in [5, 5.41) is 21.3. The Morgan fingerprint density at radius 3 is 2.52 bits per heavy atom. The molecule has 3 rings (SSSR count). The Kier molecular flexibility index (Phi) is 6.95. The van der Waals surface area contributed by atoms with Gasteiger partial charge in [-0.3, -0.25) is 4.79 Å². The molecular formula is C23H18ClN3O3S. The van der Waals surface area contributed by atoms with Gasteiger partial charge in [0.2, 0.25) is 5.91 Å². The van der Waals surface area contributed by atoms with Gasteiger partial charge in [0.05, 0.1) is 32.8 Å². The Morgan fingerprint density at radius 1 is 1.16 bits per heavy atom. The average Bonchev–Trinajstić information content (AvgIpc) is 2.75. The van der Waals surface area contributed by atoms with E-state index in [0.717, 1.165) is 22.9 Å². The summed E-state index contributed by atoms with van der Waals surface area (Å²) in [7, 11) is 0. The van der Waals surface area contributed by atoms with Gasteiger partial charge >= 0.3 is 5.97 Å². The number of anilines is 1. The summed E-state index contributed by atoms with van der Waals surface area (Å²) in [5.74, 6) is -1.51. The van der Waals surface area contributed by atoms with Crippen LogP contribution in [0, 0.1) is 18.3 Å². The van der Waals surface area contributed by atoms with Gasteiger partial charge in [0.15, 0.2) is 0 Å². The molecule has 1 amide bonds. The monoisotopic (exact) mass is 451 g/mol. The summed E-state index contributed by atoms with van der Waals surface area (Å²) in [6, 6.07) is 17.5. The molecular weight excluding hydrogens is 434 g/mol. The second kappa shape index (κ2) is 9.65. The number of nitrogens with zero attached hydrogens (tertiary/aromatic N) is 2. The quantitative estimate of drug-likeness (QED) is 0.486. The van der Waals surface area contributed by atoms with E-state index in [1.165, 1.54) is 18.2 Å². The molecule has 0 saturated heterocycles. The lowest BCUT2D eigenvalue weighted by molar-refractivity contribution is -0.115. The number of aromatic carboxylic acids is 1. The van der Waals surface area contributed by atoms with E-state index in [9.17, 15) is 14.9 Å². The van der Waals surface area contributed by atoms with Gasteiger partial charge in [-0.2, -0.15) is 5.26 Å². The first-order valence-corrected chi connectivity index (χ1v) is 10.5. The highest BCUT2D eigenvalue weighted by Crippen LogP contribution is 2.30. The zero-order chi connectivity index (χ0) is 22.5. The van der Waals surface area contributed by atoms with Crippen LogP contribution in [0.2, 0.25) is 5.02 Å². The van der Waals surface area contributed by atoms with Crippen molar-refractivity contribution in [3.8, 4) is 17.3 Å². The van der Waals surface area contributed by atoms with Crippen LogP contribution < -0.4 is 5.32 Å². The number of nitrogens with one attached hydrogen (secondary N) is 1. The first-order chi connectivity index (χ1) is 14.8. The second-order valence-corrected chi connectivity index (χ2v) is 8.51. The number of hydrogen-bond acceptors (Lipinski definition) is 5. The molecule has 0 radical (unpaired) electrons. The molecule has 3 aromatic rings. The van der Waals surface area contributed by atoms with Gasteiger partial charge in [-0.25, -0.2) is 9.78 Å². The first-order valence-electron chi connectivity index (χ1n) is 9.27. The smallest absolute Gasteiger partial charge is 0.335 e. The van der Waals surface area contributed by atoms with Crippen molar-refractivity contribution in [2.45, 2.75) is 24.1 Å². The van der Waals surface area contributed by atoms with Crippen molar-refractivity contribution in [2.24, 2.45) is 0 Å². The van der Waals surface area contributed by atoms with E-state index >= 15 is 0 Å². The molecule has 0 fully saturated rings. The van der Waals surface area contributed by atoms with Crippen molar-refractivity contribution in [1.82, 2.24) is 4.98 Å². The molecule has 0 spiro atoms. The molecule has 31 heavy (non-hydrogen) atoms. The minimum Gasteiger partial charge on any atom is -0.478 e. The SMILES string of the molecule is Cc1ccc(-c2ccc(C#N)c(SC(C)C(=O)Nc3cc(C(=O)O)ccc3Cl)n2)cc1. The first kappa shape index (κ1) is 22.3. The zero-order valence-electron chi connectivity index (χ0n) is 16.7. The minimum atomic E-state index is -1.12. The zero-order valence-corrected chi connectivity index (χ0v) is 18.3. The lowest BCUT2D eigenvalue weighted by Gasteiger charge is -2.14. The van der Waals surface area contributed by atoms with Crippen LogP contribution in [0.4, 0.5) is 5.69 Å². The third-order valence-electron chi connectivity index (χ3n) is 4.46. The number of hydrogen-bond donors (Lipinski definition) is 2. The number of carbonyl (C=O) groups excluding carboxylic acids is 1. The van der Waals surface area contributed by atoms with Crippen LogP contribution in [0.15, 0.2) is 59.6 Å². The van der Waals surface area contributed by atoms with Gasteiger partial charge in [-0.1, -0.05) is 53.2 Å². The Hall–Kier alpha value is -3.34. The number of carboxylic acid groups (broad SMARTS) is 1. The van der Waals surface area contributed by atoms with Crippen molar-refractivity contribution in [3.63, 3.8) is 0 Å². The van der Waals surface area contributed by atoms with Crippen molar-refractivity contribution < 1.29 is 14.7 Å². The lowest BCUT2D eigenvalue weighted by Crippen LogP contribution is -2.23. The van der Waals surface area contributed by atoms with E-state index in [4.69, 9.17) is 16.7 Å². The standard InChI is InChI=1S/C23H18ClN3O3S/c1-13-3-5-15(6-4-13)19-10-8-17(12-25)22(27-19)31-14(2)21(28)26-20-11-16(23(29)30)7-9-18(20)24/h3-11,14H,1-2H3,(H,26,28)(H,29,30). The number of nitriles is 1. The summed E-state index contributed by atoms with van der Waals surface area (Å²) >= 11 is 7.23. The van der Waals surface area contributed by atoms with E-state index in [2.05, 4.69) is 16.4 Å². The molecule has 1 heterocycles. The average molecular weight is 452 g/mol. The number of aryl methyl sites for hydroxylation is 1. The van der Waals surface area contributed by atoms with E-state index in [1.807, 2.05) is 31.2 Å². The Bertz CT molecular complexity index is 1190. The molecule has 0 aliphatic carbocycles. The Morgan fingerprint density at radius 2 is 1.87 bits per heavy atom. The highest BCUT2D eigenvalue weighted by Gasteiger charge is 2.20. The fourth-order valence-electron chi connectivity index (χ4n) is 2.71. The number of halogens is 1. The summed E-state index contributed by atoms with van der Waals surface area (Å²) in [6.45, 7) is 3.67. The van der Waals surface area contributed by atoms with Crippen LogP contribution in [0.25, 0.3) is 11.3 Å². The van der Waals surface area contributed by atoms with Crippen molar-refractivity contribution in [3.05, 3.63) is 76.3 Å². The molecule has 8 heteroatoms. The molecule has 6 nitrogen and oxygen atoms in total. The number of aromatic nitrogens is 1. The fourth-order valence-corrected chi connectivity index (χ4v) is 3.77. The van der Waals surface area contributed by atoms with Gasteiger partial charge in [-0.05, 0) is 44.2 Å². The molecule has 0 aliphatic rings. The predicted molar refractivity (Wildman–Crippen MR) is 121 cm³/mol.